The van der Waals surface area contributed by atoms with E-state index in [0.717, 1.165) is 31.1 Å². The Morgan fingerprint density at radius 2 is 1.89 bits per heavy atom. The third-order valence-electron chi connectivity index (χ3n) is 8.98. The van der Waals surface area contributed by atoms with Crippen LogP contribution in [0.1, 0.15) is 55.9 Å². The summed E-state index contributed by atoms with van der Waals surface area (Å²) in [4.78, 5) is 64.5. The van der Waals surface area contributed by atoms with Crippen LogP contribution in [0, 0.1) is 11.8 Å². The van der Waals surface area contributed by atoms with Crippen LogP contribution in [0.25, 0.3) is 10.9 Å². The maximum absolute atomic E-state index is 13.4. The van der Waals surface area contributed by atoms with Crippen molar-refractivity contribution in [3.05, 3.63) is 76.9 Å². The second kappa shape index (κ2) is 12.0. The zero-order chi connectivity index (χ0) is 30.8. The summed E-state index contributed by atoms with van der Waals surface area (Å²) >= 11 is 0. The number of nitrogens with zero attached hydrogens (tertiary/aromatic N) is 3. The number of aromatic nitrogens is 3. The monoisotopic (exact) mass is 597 g/mol. The molecule has 12 nitrogen and oxygen atoms in total. The smallest absolute Gasteiger partial charge is 0.274 e. The standard InChI is InChI=1S/C32H35N7O5/c1-19-21-16-32(19,17-21)36-28(41)18-39-14-6-10-25(31(39)44)35-29(42)24(9-4-5-11-27(40)33-22-12-13-22)34-30(43)26-15-20-7-2-3-8-23(20)37-38-26/h2-3,5-8,10-11,14-15,19,21-22,24H,4,9,12-13,16-18H2,1H3,(H,33,40)(H,34,43)(H,35,42)(H,36,41)/b11-5+/t19-,21?,24-,32?/m0/s1. The van der Waals surface area contributed by atoms with Crippen LogP contribution in [-0.4, -0.2) is 56.0 Å². The van der Waals surface area contributed by atoms with Crippen molar-refractivity contribution >= 4 is 40.2 Å². The topological polar surface area (TPSA) is 164 Å². The maximum atomic E-state index is 13.4. The van der Waals surface area contributed by atoms with Crippen molar-refractivity contribution < 1.29 is 19.2 Å². The van der Waals surface area contributed by atoms with Gasteiger partial charge in [0.25, 0.3) is 11.5 Å². The second-order valence-electron chi connectivity index (χ2n) is 12.1. The molecule has 4 N–H and O–H groups in total. The maximum Gasteiger partial charge on any atom is 0.274 e. The first-order valence-electron chi connectivity index (χ1n) is 15.0. The lowest BCUT2D eigenvalue weighted by molar-refractivity contribution is -0.151. The summed E-state index contributed by atoms with van der Waals surface area (Å²) in [5.74, 6) is -0.563. The number of hydrogen-bond acceptors (Lipinski definition) is 7. The average molecular weight is 598 g/mol. The molecule has 4 aliphatic carbocycles. The summed E-state index contributed by atoms with van der Waals surface area (Å²) in [5.41, 5.74) is -0.0462. The molecule has 2 heterocycles. The van der Waals surface area contributed by atoms with Gasteiger partial charge in [-0.25, -0.2) is 0 Å². The highest BCUT2D eigenvalue weighted by molar-refractivity contribution is 6.01. The minimum atomic E-state index is -1.06. The molecular formula is C32H35N7O5. The van der Waals surface area contributed by atoms with E-state index in [1.807, 2.05) is 12.1 Å². The molecule has 228 valence electrons. The van der Waals surface area contributed by atoms with Gasteiger partial charge in [0.1, 0.15) is 18.3 Å². The Labute approximate surface area is 253 Å². The quantitative estimate of drug-likeness (QED) is 0.232. The zero-order valence-electron chi connectivity index (χ0n) is 24.4. The molecule has 0 spiro atoms. The van der Waals surface area contributed by atoms with E-state index in [2.05, 4.69) is 38.4 Å². The largest absolute Gasteiger partial charge is 0.350 e. The highest BCUT2D eigenvalue weighted by Crippen LogP contribution is 2.61. The van der Waals surface area contributed by atoms with Crippen LogP contribution in [0.2, 0.25) is 0 Å². The number of nitrogens with one attached hydrogen (secondary N) is 4. The fourth-order valence-electron chi connectivity index (χ4n) is 5.92. The first-order chi connectivity index (χ1) is 21.2. The molecular weight excluding hydrogens is 562 g/mol. The molecule has 3 aromatic rings. The van der Waals surface area contributed by atoms with Crippen molar-refractivity contribution in [2.75, 3.05) is 5.32 Å². The van der Waals surface area contributed by atoms with E-state index < -0.39 is 23.4 Å². The molecule has 2 atom stereocenters. The highest BCUT2D eigenvalue weighted by atomic mass is 16.2. The van der Waals surface area contributed by atoms with Crippen molar-refractivity contribution in [3.63, 3.8) is 0 Å². The molecule has 4 aliphatic rings. The summed E-state index contributed by atoms with van der Waals surface area (Å²) in [5, 5.41) is 20.1. The van der Waals surface area contributed by atoms with Crippen LogP contribution in [0.15, 0.2) is 65.6 Å². The number of carbonyl (C=O) groups is 4. The molecule has 7 rings (SSSR count). The Morgan fingerprint density at radius 1 is 1.09 bits per heavy atom. The molecule has 2 aromatic heterocycles. The van der Waals surface area contributed by atoms with E-state index in [4.69, 9.17) is 0 Å². The summed E-state index contributed by atoms with van der Waals surface area (Å²) in [6, 6.07) is 11.0. The molecule has 2 bridgehead atoms. The molecule has 4 saturated carbocycles. The van der Waals surface area contributed by atoms with E-state index >= 15 is 0 Å². The van der Waals surface area contributed by atoms with Crippen LogP contribution < -0.4 is 26.8 Å². The molecule has 0 saturated heterocycles. The van der Waals surface area contributed by atoms with E-state index in [-0.39, 0.29) is 47.7 Å². The normalized spacial score (nSPS) is 22.4. The summed E-state index contributed by atoms with van der Waals surface area (Å²) in [6.45, 7) is 1.96. The number of anilines is 1. The summed E-state index contributed by atoms with van der Waals surface area (Å²) < 4.78 is 1.25. The molecule has 44 heavy (non-hydrogen) atoms. The minimum Gasteiger partial charge on any atom is -0.350 e. The van der Waals surface area contributed by atoms with Crippen molar-refractivity contribution in [3.8, 4) is 0 Å². The SMILES string of the molecule is C[C@H]1C2CC1(NC(=O)Cn1cccc(NC(=O)[C@H](CC/C=C/C(=O)NC3CC3)NC(=O)c3cc4ccccc4nn3)c1=O)C2. The number of amides is 4. The Morgan fingerprint density at radius 3 is 2.61 bits per heavy atom. The van der Waals surface area contributed by atoms with E-state index in [1.165, 1.54) is 22.9 Å². The second-order valence-corrected chi connectivity index (χ2v) is 12.1. The fraction of sp³-hybridized carbons (Fsp3) is 0.406. The lowest BCUT2D eigenvalue weighted by Gasteiger charge is -2.67. The molecule has 0 unspecified atom stereocenters. The van der Waals surface area contributed by atoms with Crippen molar-refractivity contribution in [1.29, 1.82) is 0 Å². The molecule has 4 amide bonds. The number of benzene rings is 1. The molecule has 0 aliphatic heterocycles. The summed E-state index contributed by atoms with van der Waals surface area (Å²) in [7, 11) is 0. The number of carbonyl (C=O) groups excluding carboxylic acids is 4. The van der Waals surface area contributed by atoms with Crippen LogP contribution in [0.4, 0.5) is 5.69 Å². The van der Waals surface area contributed by atoms with Crippen molar-refractivity contribution in [2.45, 2.75) is 69.6 Å². The molecule has 0 radical (unpaired) electrons. The Kier molecular flexibility index (Phi) is 7.98. The van der Waals surface area contributed by atoms with Gasteiger partial charge in [0.05, 0.1) is 5.52 Å². The van der Waals surface area contributed by atoms with Gasteiger partial charge < -0.3 is 25.8 Å². The van der Waals surface area contributed by atoms with Gasteiger partial charge in [0.15, 0.2) is 5.69 Å². The zero-order valence-corrected chi connectivity index (χ0v) is 24.4. The van der Waals surface area contributed by atoms with Crippen LogP contribution in [-0.2, 0) is 20.9 Å². The number of rotatable bonds is 12. The van der Waals surface area contributed by atoms with E-state index in [9.17, 15) is 24.0 Å². The molecule has 1 aromatic carbocycles. The van der Waals surface area contributed by atoms with E-state index in [1.54, 1.807) is 30.3 Å². The van der Waals surface area contributed by atoms with Crippen LogP contribution in [0.3, 0.4) is 0 Å². The highest BCUT2D eigenvalue weighted by Gasteiger charge is 2.63. The van der Waals surface area contributed by atoms with Crippen molar-refractivity contribution in [1.82, 2.24) is 30.7 Å². The molecule has 12 heteroatoms. The Balaban J connectivity index is 1.13. The minimum absolute atomic E-state index is 0.0201. The third-order valence-corrected chi connectivity index (χ3v) is 8.98. The number of hydrogen-bond donors (Lipinski definition) is 4. The fourth-order valence-corrected chi connectivity index (χ4v) is 5.92. The number of fused-ring (bicyclic) bond motifs is 1. The van der Waals surface area contributed by atoms with Gasteiger partial charge in [-0.1, -0.05) is 31.2 Å². The third kappa shape index (κ3) is 6.24. The first kappa shape index (κ1) is 29.2. The predicted molar refractivity (Wildman–Crippen MR) is 162 cm³/mol. The van der Waals surface area contributed by atoms with Gasteiger partial charge >= 0.3 is 0 Å². The predicted octanol–water partition coefficient (Wildman–Crippen LogP) is 2.06. The summed E-state index contributed by atoms with van der Waals surface area (Å²) in [6.07, 6.45) is 8.90. The lowest BCUT2D eigenvalue weighted by atomic mass is 9.43. The van der Waals surface area contributed by atoms with Gasteiger partial charge in [0, 0.05) is 23.2 Å². The average Bonchev–Trinajstić information content (AvgIpc) is 3.82. The lowest BCUT2D eigenvalue weighted by Crippen LogP contribution is -2.74. The van der Waals surface area contributed by atoms with Gasteiger partial charge in [-0.05, 0) is 80.7 Å². The van der Waals surface area contributed by atoms with Gasteiger partial charge in [-0.2, -0.15) is 0 Å². The van der Waals surface area contributed by atoms with Crippen molar-refractivity contribution in [2.24, 2.45) is 11.8 Å². The Hall–Kier alpha value is -4.87. The number of allylic oxidation sites excluding steroid dienone is 1. The Bertz CT molecular complexity index is 1710. The van der Waals surface area contributed by atoms with Gasteiger partial charge in [-0.3, -0.25) is 24.0 Å². The van der Waals surface area contributed by atoms with Gasteiger partial charge in [-0.15, -0.1) is 10.2 Å². The van der Waals surface area contributed by atoms with Crippen LogP contribution >= 0.6 is 0 Å². The van der Waals surface area contributed by atoms with Gasteiger partial charge in [0.2, 0.25) is 17.7 Å². The first-order valence-corrected chi connectivity index (χ1v) is 15.0. The van der Waals surface area contributed by atoms with E-state index in [0.29, 0.717) is 23.8 Å². The number of pyridine rings is 1. The molecule has 4 fully saturated rings. The van der Waals surface area contributed by atoms with Crippen LogP contribution in [0.5, 0.6) is 0 Å².